The van der Waals surface area contributed by atoms with Crippen LogP contribution in [0.15, 0.2) is 24.3 Å². The van der Waals surface area contributed by atoms with E-state index in [1.807, 2.05) is 0 Å². The molecule has 0 bridgehead atoms. The Labute approximate surface area is 122 Å². The normalized spacial score (nSPS) is 11.1. The monoisotopic (exact) mass is 306 g/mol. The summed E-state index contributed by atoms with van der Waals surface area (Å²) < 4.78 is 15.3. The molecule has 21 heavy (non-hydrogen) atoms. The number of benzene rings is 1. The number of carboxylic acids is 1. The maximum atomic E-state index is 13.8. The molecule has 3 rings (SSSR count). The number of hydrogen-bond donors (Lipinski definition) is 1. The Morgan fingerprint density at radius 3 is 2.90 bits per heavy atom. The second kappa shape index (κ2) is 5.57. The van der Waals surface area contributed by atoms with Gasteiger partial charge < -0.3 is 5.11 Å². The van der Waals surface area contributed by atoms with Crippen LogP contribution in [0.4, 0.5) is 4.39 Å². The van der Waals surface area contributed by atoms with E-state index in [9.17, 15) is 9.18 Å². The molecular weight excluding hydrogens is 295 g/mol. The van der Waals surface area contributed by atoms with Gasteiger partial charge in [-0.15, -0.1) is 10.2 Å². The molecule has 1 N–H and O–H groups in total. The summed E-state index contributed by atoms with van der Waals surface area (Å²) in [7, 11) is 0. The molecule has 1 aromatic carbocycles. The zero-order chi connectivity index (χ0) is 14.8. The smallest absolute Gasteiger partial charge is 0.303 e. The predicted molar refractivity (Wildman–Crippen MR) is 74.6 cm³/mol. The fourth-order valence-electron chi connectivity index (χ4n) is 1.96. The molecule has 0 radical (unpaired) electrons. The van der Waals surface area contributed by atoms with Gasteiger partial charge in [0.2, 0.25) is 4.96 Å². The van der Waals surface area contributed by atoms with E-state index in [-0.39, 0.29) is 12.2 Å². The number of aromatic nitrogens is 4. The molecule has 6 nitrogen and oxygen atoms in total. The van der Waals surface area contributed by atoms with E-state index in [1.165, 1.54) is 21.9 Å². The zero-order valence-electron chi connectivity index (χ0n) is 10.9. The van der Waals surface area contributed by atoms with Gasteiger partial charge in [-0.3, -0.25) is 4.79 Å². The number of hydrogen-bond acceptors (Lipinski definition) is 5. The summed E-state index contributed by atoms with van der Waals surface area (Å²) in [5.74, 6) is -0.860. The van der Waals surface area contributed by atoms with Crippen molar-refractivity contribution >= 4 is 22.3 Å². The first-order valence-corrected chi connectivity index (χ1v) is 7.14. The van der Waals surface area contributed by atoms with E-state index in [0.29, 0.717) is 29.2 Å². The molecule has 0 unspecified atom stereocenters. The van der Waals surface area contributed by atoms with Crippen molar-refractivity contribution in [2.24, 2.45) is 0 Å². The van der Waals surface area contributed by atoms with E-state index in [0.717, 1.165) is 5.01 Å². The van der Waals surface area contributed by atoms with Crippen molar-refractivity contribution in [1.82, 2.24) is 19.8 Å². The van der Waals surface area contributed by atoms with Gasteiger partial charge in [-0.25, -0.2) is 4.39 Å². The van der Waals surface area contributed by atoms with E-state index in [4.69, 9.17) is 5.11 Å². The highest BCUT2D eigenvalue weighted by Crippen LogP contribution is 2.24. The Bertz CT molecular complexity index is 798. The van der Waals surface area contributed by atoms with Crippen LogP contribution in [0.25, 0.3) is 16.3 Å². The third-order valence-electron chi connectivity index (χ3n) is 2.93. The Morgan fingerprint density at radius 1 is 1.33 bits per heavy atom. The number of nitrogens with zero attached hydrogens (tertiary/aromatic N) is 4. The van der Waals surface area contributed by atoms with Gasteiger partial charge in [-0.2, -0.15) is 9.61 Å². The Balaban J connectivity index is 1.90. The molecule has 2 aromatic heterocycles. The van der Waals surface area contributed by atoms with Crippen LogP contribution in [0.1, 0.15) is 17.8 Å². The van der Waals surface area contributed by atoms with E-state index in [1.54, 1.807) is 18.2 Å². The molecule has 108 valence electrons. The van der Waals surface area contributed by atoms with Crippen molar-refractivity contribution in [3.05, 3.63) is 35.1 Å². The summed E-state index contributed by atoms with van der Waals surface area (Å²) >= 11 is 1.33. The Hall–Kier alpha value is -2.35. The lowest BCUT2D eigenvalue weighted by atomic mass is 10.2. The maximum Gasteiger partial charge on any atom is 0.303 e. The van der Waals surface area contributed by atoms with Crippen LogP contribution < -0.4 is 0 Å². The molecule has 0 aliphatic carbocycles. The summed E-state index contributed by atoms with van der Waals surface area (Å²) in [5, 5.41) is 21.7. The van der Waals surface area contributed by atoms with Gasteiger partial charge in [0.1, 0.15) is 10.8 Å². The molecule has 8 heteroatoms. The van der Waals surface area contributed by atoms with Gasteiger partial charge in [-0.05, 0) is 18.6 Å². The third kappa shape index (κ3) is 2.75. The lowest BCUT2D eigenvalue weighted by Crippen LogP contribution is -1.97. The molecule has 0 amide bonds. The predicted octanol–water partition coefficient (Wildman–Crippen LogP) is 2.40. The molecule has 0 aliphatic rings. The highest BCUT2D eigenvalue weighted by Gasteiger charge is 2.16. The van der Waals surface area contributed by atoms with Crippen molar-refractivity contribution < 1.29 is 14.3 Å². The van der Waals surface area contributed by atoms with Crippen LogP contribution >= 0.6 is 11.3 Å². The SMILES string of the molecule is O=C(O)CCCc1nn2c(-c3ccccc3F)nnc2s1. The number of halogens is 1. The minimum Gasteiger partial charge on any atom is -0.481 e. The molecular formula is C13H11FN4O2S. The van der Waals surface area contributed by atoms with E-state index in [2.05, 4.69) is 15.3 Å². The van der Waals surface area contributed by atoms with Crippen molar-refractivity contribution in [2.45, 2.75) is 19.3 Å². The van der Waals surface area contributed by atoms with Crippen LogP contribution in [-0.2, 0) is 11.2 Å². The quantitative estimate of drug-likeness (QED) is 0.783. The minimum atomic E-state index is -0.829. The second-order valence-electron chi connectivity index (χ2n) is 4.44. The fraction of sp³-hybridized carbons (Fsp3) is 0.231. The molecule has 0 saturated heterocycles. The molecule has 0 aliphatic heterocycles. The van der Waals surface area contributed by atoms with Crippen molar-refractivity contribution in [2.75, 3.05) is 0 Å². The molecule has 2 heterocycles. The maximum absolute atomic E-state index is 13.8. The number of carbonyl (C=O) groups is 1. The van der Waals surface area contributed by atoms with Crippen LogP contribution in [0.3, 0.4) is 0 Å². The summed E-state index contributed by atoms with van der Waals surface area (Å²) in [6.07, 6.45) is 1.16. The first kappa shape index (κ1) is 13.6. The number of rotatable bonds is 5. The zero-order valence-corrected chi connectivity index (χ0v) is 11.7. The van der Waals surface area contributed by atoms with Crippen molar-refractivity contribution in [1.29, 1.82) is 0 Å². The first-order chi connectivity index (χ1) is 10.1. The van der Waals surface area contributed by atoms with Gasteiger partial charge in [0.05, 0.1) is 5.56 Å². The van der Waals surface area contributed by atoms with Crippen LogP contribution in [-0.4, -0.2) is 30.9 Å². The van der Waals surface area contributed by atoms with E-state index >= 15 is 0 Å². The largest absolute Gasteiger partial charge is 0.481 e. The summed E-state index contributed by atoms with van der Waals surface area (Å²) in [4.78, 5) is 11.1. The highest BCUT2D eigenvalue weighted by atomic mass is 32.1. The number of fused-ring (bicyclic) bond motifs is 1. The van der Waals surface area contributed by atoms with Crippen molar-refractivity contribution in [3.8, 4) is 11.4 Å². The first-order valence-electron chi connectivity index (χ1n) is 6.33. The van der Waals surface area contributed by atoms with Crippen LogP contribution in [0.5, 0.6) is 0 Å². The highest BCUT2D eigenvalue weighted by molar-refractivity contribution is 7.16. The minimum absolute atomic E-state index is 0.0975. The van der Waals surface area contributed by atoms with E-state index < -0.39 is 5.97 Å². The average Bonchev–Trinajstić information content (AvgIpc) is 2.99. The summed E-state index contributed by atoms with van der Waals surface area (Å²) in [6.45, 7) is 0. The second-order valence-corrected chi connectivity index (χ2v) is 5.48. The Kier molecular flexibility index (Phi) is 3.61. The number of carboxylic acid groups (broad SMARTS) is 1. The third-order valence-corrected chi connectivity index (χ3v) is 3.89. The van der Waals surface area contributed by atoms with Gasteiger partial charge in [-0.1, -0.05) is 23.5 Å². The van der Waals surface area contributed by atoms with Gasteiger partial charge in [0, 0.05) is 12.8 Å². The lowest BCUT2D eigenvalue weighted by molar-refractivity contribution is -0.137. The number of aliphatic carboxylic acids is 1. The number of aryl methyl sites for hydroxylation is 1. The molecule has 0 fully saturated rings. The lowest BCUT2D eigenvalue weighted by Gasteiger charge is -1.98. The van der Waals surface area contributed by atoms with Crippen molar-refractivity contribution in [3.63, 3.8) is 0 Å². The summed E-state index contributed by atoms with van der Waals surface area (Å²) in [5.41, 5.74) is 0.340. The van der Waals surface area contributed by atoms with Gasteiger partial charge in [0.25, 0.3) is 0 Å². The molecule has 0 atom stereocenters. The average molecular weight is 306 g/mol. The van der Waals surface area contributed by atoms with Crippen LogP contribution in [0.2, 0.25) is 0 Å². The standard InChI is InChI=1S/C13H11FN4O2S/c14-9-5-2-1-4-8(9)12-15-16-13-18(12)17-10(21-13)6-3-7-11(19)20/h1-2,4-5H,3,6-7H2,(H,19,20). The van der Waals surface area contributed by atoms with Gasteiger partial charge in [0.15, 0.2) is 5.82 Å². The fourth-order valence-corrected chi connectivity index (χ4v) is 2.83. The molecule has 0 saturated carbocycles. The van der Waals surface area contributed by atoms with Crippen LogP contribution in [0, 0.1) is 5.82 Å². The summed E-state index contributed by atoms with van der Waals surface area (Å²) in [6, 6.07) is 6.31. The molecule has 3 aromatic rings. The Morgan fingerprint density at radius 2 is 2.14 bits per heavy atom. The molecule has 0 spiro atoms. The topological polar surface area (TPSA) is 80.4 Å². The van der Waals surface area contributed by atoms with Gasteiger partial charge >= 0.3 is 5.97 Å².